The fourth-order valence-electron chi connectivity index (χ4n) is 4.07. The van der Waals surface area contributed by atoms with Crippen LogP contribution in [0.4, 0.5) is 13.2 Å². The molecule has 3 heterocycles. The van der Waals surface area contributed by atoms with Gasteiger partial charge in [0.05, 0.1) is 6.20 Å². The van der Waals surface area contributed by atoms with Crippen LogP contribution in [-0.2, 0) is 0 Å². The SMILES string of the molecule is O=C(c1ccc2c(-c3cnc4c(=O)[nH]ncc4c3)c(F)ccc2c1)N1CCC(F)(F)CC1. The van der Waals surface area contributed by atoms with Crippen molar-refractivity contribution in [1.82, 2.24) is 20.1 Å². The number of fused-ring (bicyclic) bond motifs is 2. The third-order valence-corrected chi connectivity index (χ3v) is 5.79. The number of aromatic amines is 1. The van der Waals surface area contributed by atoms with Crippen molar-refractivity contribution < 1.29 is 18.0 Å². The number of hydrogen-bond donors (Lipinski definition) is 1. The van der Waals surface area contributed by atoms with Crippen LogP contribution in [0.3, 0.4) is 0 Å². The Balaban J connectivity index is 1.55. The van der Waals surface area contributed by atoms with Gasteiger partial charge < -0.3 is 4.90 Å². The van der Waals surface area contributed by atoms with E-state index in [-0.39, 0.29) is 42.9 Å². The molecule has 1 aliphatic heterocycles. The lowest BCUT2D eigenvalue weighted by atomic mass is 9.96. The molecule has 0 bridgehead atoms. The molecule has 2 aromatic heterocycles. The van der Waals surface area contributed by atoms with Crippen LogP contribution >= 0.6 is 0 Å². The highest BCUT2D eigenvalue weighted by molar-refractivity contribution is 6.03. The predicted octanol–water partition coefficient (Wildman–Crippen LogP) is 4.15. The van der Waals surface area contributed by atoms with E-state index >= 15 is 0 Å². The van der Waals surface area contributed by atoms with Gasteiger partial charge in [0.15, 0.2) is 0 Å². The third-order valence-electron chi connectivity index (χ3n) is 5.79. The molecule has 0 radical (unpaired) electrons. The summed E-state index contributed by atoms with van der Waals surface area (Å²) in [6, 6.07) is 9.34. The molecule has 32 heavy (non-hydrogen) atoms. The molecule has 6 nitrogen and oxygen atoms in total. The largest absolute Gasteiger partial charge is 0.338 e. The van der Waals surface area contributed by atoms with Crippen LogP contribution in [0.1, 0.15) is 23.2 Å². The van der Waals surface area contributed by atoms with Crippen LogP contribution in [0.15, 0.2) is 53.6 Å². The number of alkyl halides is 2. The summed E-state index contributed by atoms with van der Waals surface area (Å²) in [6.07, 6.45) is 2.15. The van der Waals surface area contributed by atoms with E-state index in [0.717, 1.165) is 0 Å². The second-order valence-electron chi connectivity index (χ2n) is 7.87. The Kier molecular flexibility index (Phi) is 4.69. The number of amides is 1. The molecule has 1 saturated heterocycles. The Bertz CT molecular complexity index is 1420. The predicted molar refractivity (Wildman–Crippen MR) is 113 cm³/mol. The molecule has 162 valence electrons. The first-order valence-electron chi connectivity index (χ1n) is 10.1. The number of rotatable bonds is 2. The van der Waals surface area contributed by atoms with E-state index in [1.807, 2.05) is 0 Å². The number of pyridine rings is 1. The summed E-state index contributed by atoms with van der Waals surface area (Å²) in [4.78, 5) is 30.2. The highest BCUT2D eigenvalue weighted by Gasteiger charge is 2.35. The van der Waals surface area contributed by atoms with Gasteiger partial charge in [0.1, 0.15) is 11.3 Å². The maximum atomic E-state index is 14.8. The maximum absolute atomic E-state index is 14.8. The summed E-state index contributed by atoms with van der Waals surface area (Å²) in [7, 11) is 0. The van der Waals surface area contributed by atoms with Crippen LogP contribution in [0.2, 0.25) is 0 Å². The van der Waals surface area contributed by atoms with Crippen LogP contribution in [-0.4, -0.2) is 45.0 Å². The van der Waals surface area contributed by atoms with Gasteiger partial charge in [0.2, 0.25) is 0 Å². The van der Waals surface area contributed by atoms with E-state index in [1.165, 1.54) is 23.4 Å². The zero-order chi connectivity index (χ0) is 22.5. The first-order chi connectivity index (χ1) is 15.3. The quantitative estimate of drug-likeness (QED) is 0.510. The zero-order valence-corrected chi connectivity index (χ0v) is 16.7. The van der Waals surface area contributed by atoms with Crippen molar-refractivity contribution >= 4 is 27.6 Å². The van der Waals surface area contributed by atoms with Crippen LogP contribution < -0.4 is 5.56 Å². The van der Waals surface area contributed by atoms with Crippen LogP contribution in [0, 0.1) is 5.82 Å². The van der Waals surface area contributed by atoms with Crippen molar-refractivity contribution in [3.05, 3.63) is 70.5 Å². The number of nitrogens with zero attached hydrogens (tertiary/aromatic N) is 3. The highest BCUT2D eigenvalue weighted by atomic mass is 19.3. The number of carbonyl (C=O) groups excluding carboxylic acids is 1. The first-order valence-corrected chi connectivity index (χ1v) is 10.1. The number of H-pyrrole nitrogens is 1. The normalized spacial score (nSPS) is 15.9. The van der Waals surface area contributed by atoms with Crippen LogP contribution in [0.25, 0.3) is 32.8 Å². The number of benzene rings is 2. The van der Waals surface area contributed by atoms with Gasteiger partial charge in [0.25, 0.3) is 17.4 Å². The molecule has 1 N–H and O–H groups in total. The average Bonchev–Trinajstić information content (AvgIpc) is 2.78. The number of carbonyl (C=O) groups is 1. The zero-order valence-electron chi connectivity index (χ0n) is 16.7. The Labute approximate surface area is 179 Å². The monoisotopic (exact) mass is 438 g/mol. The molecule has 0 unspecified atom stereocenters. The van der Waals surface area contributed by atoms with Gasteiger partial charge in [-0.25, -0.2) is 23.3 Å². The number of hydrogen-bond acceptors (Lipinski definition) is 4. The van der Waals surface area contributed by atoms with Gasteiger partial charge >= 0.3 is 0 Å². The number of likely N-dealkylation sites (tertiary alicyclic amines) is 1. The minimum Gasteiger partial charge on any atom is -0.338 e. The summed E-state index contributed by atoms with van der Waals surface area (Å²) in [5.74, 6) is -3.54. The number of nitrogens with one attached hydrogen (secondary N) is 1. The van der Waals surface area contributed by atoms with Crippen molar-refractivity contribution in [2.45, 2.75) is 18.8 Å². The second-order valence-corrected chi connectivity index (χ2v) is 7.87. The van der Waals surface area contributed by atoms with Gasteiger partial charge in [-0.05, 0) is 35.0 Å². The average molecular weight is 438 g/mol. The second kappa shape index (κ2) is 7.44. The van der Waals surface area contributed by atoms with E-state index in [9.17, 15) is 22.8 Å². The minimum atomic E-state index is -2.74. The van der Waals surface area contributed by atoms with Gasteiger partial charge in [-0.15, -0.1) is 0 Å². The lowest BCUT2D eigenvalue weighted by Gasteiger charge is -2.31. The van der Waals surface area contributed by atoms with E-state index in [0.29, 0.717) is 27.3 Å². The van der Waals surface area contributed by atoms with E-state index in [2.05, 4.69) is 15.2 Å². The molecular formula is C23H17F3N4O2. The molecule has 0 spiro atoms. The summed E-state index contributed by atoms with van der Waals surface area (Å²) in [5, 5.41) is 7.71. The minimum absolute atomic E-state index is 0.00549. The Morgan fingerprint density at radius 1 is 1.03 bits per heavy atom. The van der Waals surface area contributed by atoms with Crippen molar-refractivity contribution in [2.24, 2.45) is 0 Å². The molecule has 1 aliphatic rings. The first kappa shape index (κ1) is 20.2. The summed E-state index contributed by atoms with van der Waals surface area (Å²) in [6.45, 7) is -0.0110. The van der Waals surface area contributed by atoms with E-state index in [1.54, 1.807) is 30.3 Å². The Morgan fingerprint density at radius 2 is 1.81 bits per heavy atom. The number of halogens is 3. The van der Waals surface area contributed by atoms with Gasteiger partial charge in [-0.1, -0.05) is 12.1 Å². The van der Waals surface area contributed by atoms with Crippen LogP contribution in [0.5, 0.6) is 0 Å². The molecule has 0 atom stereocenters. The van der Waals surface area contributed by atoms with Crippen molar-refractivity contribution in [3.63, 3.8) is 0 Å². The molecule has 9 heteroatoms. The summed E-state index contributed by atoms with van der Waals surface area (Å²) < 4.78 is 41.7. The van der Waals surface area contributed by atoms with Crippen molar-refractivity contribution in [3.8, 4) is 11.1 Å². The fourth-order valence-corrected chi connectivity index (χ4v) is 4.07. The maximum Gasteiger partial charge on any atom is 0.290 e. The Morgan fingerprint density at radius 3 is 2.59 bits per heavy atom. The highest BCUT2D eigenvalue weighted by Crippen LogP contribution is 2.33. The van der Waals surface area contributed by atoms with E-state index < -0.39 is 17.3 Å². The molecule has 2 aromatic carbocycles. The lowest BCUT2D eigenvalue weighted by molar-refractivity contribution is -0.0494. The molecular weight excluding hydrogens is 421 g/mol. The molecule has 0 saturated carbocycles. The summed E-state index contributed by atoms with van der Waals surface area (Å²) >= 11 is 0. The van der Waals surface area contributed by atoms with Gasteiger partial charge in [0, 0.05) is 54.2 Å². The topological polar surface area (TPSA) is 79.0 Å². The van der Waals surface area contributed by atoms with Crippen molar-refractivity contribution in [1.29, 1.82) is 0 Å². The molecule has 1 amide bonds. The number of piperidine rings is 1. The van der Waals surface area contributed by atoms with Crippen molar-refractivity contribution in [2.75, 3.05) is 13.1 Å². The van der Waals surface area contributed by atoms with Gasteiger partial charge in [-0.3, -0.25) is 9.59 Å². The van der Waals surface area contributed by atoms with E-state index in [4.69, 9.17) is 0 Å². The lowest BCUT2D eigenvalue weighted by Crippen LogP contribution is -2.42. The smallest absolute Gasteiger partial charge is 0.290 e. The van der Waals surface area contributed by atoms with Gasteiger partial charge in [-0.2, -0.15) is 5.10 Å². The molecule has 0 aliphatic carbocycles. The molecule has 4 aromatic rings. The number of aromatic nitrogens is 3. The Hall–Kier alpha value is -3.75. The fraction of sp³-hybridized carbons (Fsp3) is 0.217. The molecule has 5 rings (SSSR count). The molecule has 1 fully saturated rings. The summed E-state index contributed by atoms with van der Waals surface area (Å²) in [5.41, 5.74) is 0.863. The standard InChI is InChI=1S/C23H17F3N4O2/c24-18-4-2-13-9-14(22(32)30-7-5-23(25,26)6-8-30)1-3-17(13)19(18)15-10-16-12-28-29-21(31)20(16)27-11-15/h1-4,9-12H,5-8H2,(H,29,31). The third kappa shape index (κ3) is 3.49.